The highest BCUT2D eigenvalue weighted by Crippen LogP contribution is 2.36. The smallest absolute Gasteiger partial charge is 0.337 e. The van der Waals surface area contributed by atoms with Gasteiger partial charge in [-0.2, -0.15) is 0 Å². The van der Waals surface area contributed by atoms with Crippen LogP contribution in [0.4, 0.5) is 0 Å². The molecule has 1 unspecified atom stereocenters. The van der Waals surface area contributed by atoms with Crippen LogP contribution in [0.3, 0.4) is 0 Å². The first-order valence-corrected chi connectivity index (χ1v) is 11.4. The molecule has 0 amide bonds. The fourth-order valence-electron chi connectivity index (χ4n) is 3.74. The second-order valence-corrected chi connectivity index (χ2v) is 9.34. The van der Waals surface area contributed by atoms with Crippen molar-refractivity contribution in [2.75, 3.05) is 26.4 Å². The minimum Gasteiger partial charge on any atom is -0.478 e. The first-order chi connectivity index (χ1) is 14.3. The van der Waals surface area contributed by atoms with Crippen molar-refractivity contribution in [1.82, 2.24) is 9.62 Å². The molecule has 2 heterocycles. The van der Waals surface area contributed by atoms with E-state index in [1.165, 1.54) is 12.1 Å². The number of halogens is 1. The van der Waals surface area contributed by atoms with Crippen LogP contribution in [0.2, 0.25) is 5.02 Å². The molecule has 2 aromatic carbocycles. The molecule has 0 spiro atoms. The lowest BCUT2D eigenvalue weighted by Gasteiger charge is -2.28. The Labute approximate surface area is 179 Å². The van der Waals surface area contributed by atoms with Crippen LogP contribution in [0.25, 0.3) is 0 Å². The van der Waals surface area contributed by atoms with E-state index in [1.807, 2.05) is 18.2 Å². The van der Waals surface area contributed by atoms with Crippen LogP contribution < -0.4 is 14.2 Å². The van der Waals surface area contributed by atoms with Gasteiger partial charge in [0, 0.05) is 12.6 Å². The number of hydrogen-bond acceptors (Lipinski definition) is 6. The average molecular weight is 453 g/mol. The number of carbonyl (C=O) groups is 1. The third kappa shape index (κ3) is 4.24. The van der Waals surface area contributed by atoms with Crippen molar-refractivity contribution in [2.45, 2.75) is 23.8 Å². The predicted octanol–water partition coefficient (Wildman–Crippen LogP) is 2.88. The maximum absolute atomic E-state index is 12.8. The third-order valence-electron chi connectivity index (χ3n) is 5.31. The summed E-state index contributed by atoms with van der Waals surface area (Å²) in [4.78, 5) is 13.4. The van der Waals surface area contributed by atoms with Gasteiger partial charge in [-0.05, 0) is 61.8 Å². The molecular weight excluding hydrogens is 432 g/mol. The number of sulfonamides is 1. The number of carboxylic acids is 1. The first-order valence-electron chi connectivity index (χ1n) is 9.51. The van der Waals surface area contributed by atoms with E-state index in [-0.39, 0.29) is 34.9 Å². The van der Waals surface area contributed by atoms with Crippen LogP contribution in [0.5, 0.6) is 11.5 Å². The van der Waals surface area contributed by atoms with Gasteiger partial charge in [-0.1, -0.05) is 17.7 Å². The predicted molar refractivity (Wildman–Crippen MR) is 110 cm³/mol. The molecule has 0 aromatic heterocycles. The third-order valence-corrected chi connectivity index (χ3v) is 7.06. The Morgan fingerprint density at radius 2 is 1.87 bits per heavy atom. The zero-order valence-electron chi connectivity index (χ0n) is 16.0. The first kappa shape index (κ1) is 20.9. The minimum absolute atomic E-state index is 0.0169. The largest absolute Gasteiger partial charge is 0.478 e. The SMILES string of the molecule is O=C(O)c1cc(S(=O)(=O)NCC(c2ccc3c(c2)OCO3)N2CCCC2)ccc1Cl. The zero-order valence-corrected chi connectivity index (χ0v) is 17.6. The number of rotatable bonds is 7. The van der Waals surface area contributed by atoms with E-state index >= 15 is 0 Å². The molecule has 30 heavy (non-hydrogen) atoms. The summed E-state index contributed by atoms with van der Waals surface area (Å²) in [6.07, 6.45) is 2.10. The summed E-state index contributed by atoms with van der Waals surface area (Å²) in [5, 5.41) is 9.20. The fourth-order valence-corrected chi connectivity index (χ4v) is 5.00. The summed E-state index contributed by atoms with van der Waals surface area (Å²) >= 11 is 5.86. The van der Waals surface area contributed by atoms with Gasteiger partial charge < -0.3 is 14.6 Å². The van der Waals surface area contributed by atoms with E-state index in [0.717, 1.165) is 37.6 Å². The molecule has 0 radical (unpaired) electrons. The molecule has 2 N–H and O–H groups in total. The van der Waals surface area contributed by atoms with Crippen molar-refractivity contribution < 1.29 is 27.8 Å². The van der Waals surface area contributed by atoms with E-state index < -0.39 is 16.0 Å². The number of likely N-dealkylation sites (tertiary alicyclic amines) is 1. The van der Waals surface area contributed by atoms with Crippen LogP contribution >= 0.6 is 11.6 Å². The van der Waals surface area contributed by atoms with Crippen molar-refractivity contribution in [3.8, 4) is 11.5 Å². The number of nitrogens with zero attached hydrogens (tertiary/aromatic N) is 1. The van der Waals surface area contributed by atoms with Gasteiger partial charge in [-0.15, -0.1) is 0 Å². The van der Waals surface area contributed by atoms with Gasteiger partial charge in [0.1, 0.15) is 0 Å². The van der Waals surface area contributed by atoms with Gasteiger partial charge in [-0.3, -0.25) is 4.90 Å². The summed E-state index contributed by atoms with van der Waals surface area (Å²) in [7, 11) is -3.93. The monoisotopic (exact) mass is 452 g/mol. The average Bonchev–Trinajstić information content (AvgIpc) is 3.39. The Hall–Kier alpha value is -2.33. The Bertz CT molecular complexity index is 1070. The standard InChI is InChI=1S/C20H21ClN2O6S/c21-16-5-4-14(10-15(16)20(24)25)30(26,27)22-11-17(23-7-1-2-8-23)13-3-6-18-19(9-13)29-12-28-18/h3-6,9-10,17,22H,1-2,7-8,11-12H2,(H,24,25). The Kier molecular flexibility index (Phi) is 5.88. The van der Waals surface area contributed by atoms with Crippen molar-refractivity contribution in [3.05, 3.63) is 52.5 Å². The lowest BCUT2D eigenvalue weighted by Crippen LogP contribution is -2.36. The highest BCUT2D eigenvalue weighted by Gasteiger charge is 2.28. The van der Waals surface area contributed by atoms with E-state index in [9.17, 15) is 18.3 Å². The van der Waals surface area contributed by atoms with Crippen molar-refractivity contribution in [2.24, 2.45) is 0 Å². The molecule has 1 saturated heterocycles. The van der Waals surface area contributed by atoms with Crippen LogP contribution in [0, 0.1) is 0 Å². The maximum Gasteiger partial charge on any atom is 0.337 e. The van der Waals surface area contributed by atoms with E-state index in [0.29, 0.717) is 11.5 Å². The topological polar surface area (TPSA) is 105 Å². The molecule has 10 heteroatoms. The molecule has 1 fully saturated rings. The van der Waals surface area contributed by atoms with Crippen molar-refractivity contribution in [1.29, 1.82) is 0 Å². The van der Waals surface area contributed by atoms with Crippen LogP contribution in [0.15, 0.2) is 41.3 Å². The van der Waals surface area contributed by atoms with Gasteiger partial charge in [-0.25, -0.2) is 17.9 Å². The normalized spacial score (nSPS) is 17.2. The Morgan fingerprint density at radius 1 is 1.13 bits per heavy atom. The highest BCUT2D eigenvalue weighted by molar-refractivity contribution is 7.89. The van der Waals surface area contributed by atoms with Crippen LogP contribution in [-0.4, -0.2) is 50.8 Å². The summed E-state index contributed by atoms with van der Waals surface area (Å²) in [5.41, 5.74) is 0.664. The maximum atomic E-state index is 12.8. The molecule has 2 aliphatic heterocycles. The summed E-state index contributed by atoms with van der Waals surface area (Å²) in [6, 6.07) is 9.06. The molecule has 160 valence electrons. The number of nitrogens with one attached hydrogen (secondary N) is 1. The summed E-state index contributed by atoms with van der Waals surface area (Å²) < 4.78 is 39.1. The van der Waals surface area contributed by atoms with E-state index in [2.05, 4.69) is 9.62 Å². The second kappa shape index (κ2) is 8.43. The van der Waals surface area contributed by atoms with E-state index in [1.54, 1.807) is 0 Å². The Morgan fingerprint density at radius 3 is 2.60 bits per heavy atom. The quantitative estimate of drug-likeness (QED) is 0.665. The Balaban J connectivity index is 1.58. The highest BCUT2D eigenvalue weighted by atomic mass is 35.5. The second-order valence-electron chi connectivity index (χ2n) is 7.17. The molecule has 2 aromatic rings. The van der Waals surface area contributed by atoms with Gasteiger partial charge in [0.2, 0.25) is 16.8 Å². The summed E-state index contributed by atoms with van der Waals surface area (Å²) in [6.45, 7) is 2.03. The van der Waals surface area contributed by atoms with Gasteiger partial charge in [0.15, 0.2) is 11.5 Å². The van der Waals surface area contributed by atoms with Gasteiger partial charge in [0.05, 0.1) is 15.5 Å². The number of aromatic carboxylic acids is 1. The van der Waals surface area contributed by atoms with Gasteiger partial charge >= 0.3 is 5.97 Å². The molecular formula is C20H21ClN2O6S. The minimum atomic E-state index is -3.93. The molecule has 4 rings (SSSR count). The lowest BCUT2D eigenvalue weighted by molar-refractivity contribution is 0.0697. The summed E-state index contributed by atoms with van der Waals surface area (Å²) in [5.74, 6) is 0.0255. The van der Waals surface area contributed by atoms with Crippen molar-refractivity contribution in [3.63, 3.8) is 0 Å². The number of ether oxygens (including phenoxy) is 2. The van der Waals surface area contributed by atoms with Crippen molar-refractivity contribution >= 4 is 27.6 Å². The molecule has 2 aliphatic rings. The number of hydrogen-bond donors (Lipinski definition) is 2. The molecule has 8 nitrogen and oxygen atoms in total. The van der Waals surface area contributed by atoms with E-state index in [4.69, 9.17) is 21.1 Å². The zero-order chi connectivity index (χ0) is 21.3. The van der Waals surface area contributed by atoms with Crippen LogP contribution in [-0.2, 0) is 10.0 Å². The lowest BCUT2D eigenvalue weighted by atomic mass is 10.1. The number of benzene rings is 2. The molecule has 0 bridgehead atoms. The fraction of sp³-hybridized carbons (Fsp3) is 0.350. The molecule has 1 atom stereocenters. The molecule has 0 saturated carbocycles. The van der Waals surface area contributed by atoms with Gasteiger partial charge in [0.25, 0.3) is 0 Å². The number of fused-ring (bicyclic) bond motifs is 1. The van der Waals surface area contributed by atoms with Crippen LogP contribution in [0.1, 0.15) is 34.8 Å². The molecule has 0 aliphatic carbocycles. The number of carboxylic acid groups (broad SMARTS) is 1.